The molecule has 3 N–H and O–H groups in total. The van der Waals surface area contributed by atoms with E-state index in [1.165, 1.54) is 0 Å². The Morgan fingerprint density at radius 2 is 1.50 bits per heavy atom. The predicted octanol–water partition coefficient (Wildman–Crippen LogP) is 1.50. The molecule has 0 unspecified atom stereocenters. The highest BCUT2D eigenvalue weighted by Gasteiger charge is 2.10. The van der Waals surface area contributed by atoms with Gasteiger partial charge in [0, 0.05) is 11.1 Å². The molecule has 0 atom stereocenters. The van der Waals surface area contributed by atoms with E-state index in [0.29, 0.717) is 17.0 Å². The molecule has 0 bridgehead atoms. The summed E-state index contributed by atoms with van der Waals surface area (Å²) >= 11 is 0. The van der Waals surface area contributed by atoms with Gasteiger partial charge in [-0.2, -0.15) is 0 Å². The maximum atomic E-state index is 9.58. The Bertz CT molecular complexity index is 293. The Morgan fingerprint density at radius 1 is 1.07 bits per heavy atom. The molecule has 0 saturated carbocycles. The quantitative estimate of drug-likeness (QED) is 0.686. The van der Waals surface area contributed by atoms with Crippen LogP contribution in [0.25, 0.3) is 0 Å². The fourth-order valence-corrected chi connectivity index (χ4v) is 1.36. The van der Waals surface area contributed by atoms with Crippen LogP contribution in [0.4, 0.5) is 0 Å². The van der Waals surface area contributed by atoms with E-state index in [0.717, 1.165) is 5.56 Å². The van der Waals surface area contributed by atoms with Crippen molar-refractivity contribution in [3.05, 3.63) is 28.8 Å². The number of phenols is 1. The van der Waals surface area contributed by atoms with Crippen molar-refractivity contribution in [1.82, 2.24) is 0 Å². The summed E-state index contributed by atoms with van der Waals surface area (Å²) in [6.45, 7) is 3.63. The molecule has 0 aliphatic heterocycles. The van der Waals surface area contributed by atoms with Gasteiger partial charge in [-0.05, 0) is 23.6 Å². The summed E-state index contributed by atoms with van der Waals surface area (Å²) in [5.41, 5.74) is 1.96. The van der Waals surface area contributed by atoms with Crippen molar-refractivity contribution in [2.75, 3.05) is 0 Å². The largest absolute Gasteiger partial charge is 0.507 e. The lowest BCUT2D eigenvalue weighted by Gasteiger charge is -2.12. The lowest BCUT2D eigenvalue weighted by atomic mass is 9.97. The van der Waals surface area contributed by atoms with Gasteiger partial charge < -0.3 is 15.3 Å². The number of aromatic hydroxyl groups is 1. The van der Waals surface area contributed by atoms with Gasteiger partial charge >= 0.3 is 0 Å². The second-order valence-electron chi connectivity index (χ2n) is 3.66. The van der Waals surface area contributed by atoms with Gasteiger partial charge in [-0.25, -0.2) is 0 Å². The highest BCUT2D eigenvalue weighted by atomic mass is 16.3. The first-order chi connectivity index (χ1) is 6.60. The molecule has 14 heavy (non-hydrogen) atoms. The van der Waals surface area contributed by atoms with E-state index in [-0.39, 0.29) is 19.0 Å². The zero-order chi connectivity index (χ0) is 10.7. The maximum Gasteiger partial charge on any atom is 0.126 e. The second kappa shape index (κ2) is 4.44. The molecule has 0 heterocycles. The van der Waals surface area contributed by atoms with Crippen LogP contribution in [0.1, 0.15) is 36.5 Å². The van der Waals surface area contributed by atoms with E-state index in [4.69, 9.17) is 10.2 Å². The standard InChI is InChI=1S/C11H16O3/c1-7(2)8-3-9(5-12)11(14)10(4-8)6-13/h3-4,7,12-14H,5-6H2,1-2H3. The monoisotopic (exact) mass is 196 g/mol. The molecule has 1 aromatic rings. The normalized spacial score (nSPS) is 10.9. The average Bonchev–Trinajstić information content (AvgIpc) is 2.17. The lowest BCUT2D eigenvalue weighted by Crippen LogP contribution is -1.96. The van der Waals surface area contributed by atoms with Crippen molar-refractivity contribution in [2.45, 2.75) is 33.0 Å². The van der Waals surface area contributed by atoms with Crippen LogP contribution < -0.4 is 0 Å². The summed E-state index contributed by atoms with van der Waals surface area (Å²) in [6, 6.07) is 3.53. The van der Waals surface area contributed by atoms with Crippen molar-refractivity contribution in [1.29, 1.82) is 0 Å². The molecule has 0 radical (unpaired) electrons. The van der Waals surface area contributed by atoms with Gasteiger partial charge in [-0.15, -0.1) is 0 Å². The summed E-state index contributed by atoms with van der Waals surface area (Å²) in [5.74, 6) is 0.311. The smallest absolute Gasteiger partial charge is 0.126 e. The van der Waals surface area contributed by atoms with Crippen molar-refractivity contribution < 1.29 is 15.3 Å². The molecule has 0 spiro atoms. The van der Waals surface area contributed by atoms with Crippen LogP contribution >= 0.6 is 0 Å². The molecule has 1 aromatic carbocycles. The first kappa shape index (κ1) is 11.0. The number of aliphatic hydroxyl groups is 2. The topological polar surface area (TPSA) is 60.7 Å². The van der Waals surface area contributed by atoms with Crippen molar-refractivity contribution in [3.8, 4) is 5.75 Å². The third kappa shape index (κ3) is 2.05. The number of benzene rings is 1. The minimum Gasteiger partial charge on any atom is -0.507 e. The molecule has 78 valence electrons. The Balaban J connectivity index is 3.25. The van der Waals surface area contributed by atoms with E-state index in [1.807, 2.05) is 13.8 Å². The summed E-state index contributed by atoms with van der Waals surface area (Å²) in [7, 11) is 0. The maximum absolute atomic E-state index is 9.58. The zero-order valence-corrected chi connectivity index (χ0v) is 8.49. The van der Waals surface area contributed by atoms with Crippen LogP contribution in [0.2, 0.25) is 0 Å². The molecule has 3 nitrogen and oxygen atoms in total. The Hall–Kier alpha value is -1.06. The fraction of sp³-hybridized carbons (Fsp3) is 0.455. The first-order valence-corrected chi connectivity index (χ1v) is 4.66. The lowest BCUT2D eigenvalue weighted by molar-refractivity contribution is 0.263. The van der Waals surface area contributed by atoms with Crippen LogP contribution in [-0.2, 0) is 13.2 Å². The van der Waals surface area contributed by atoms with Crippen LogP contribution in [-0.4, -0.2) is 15.3 Å². The summed E-state index contributed by atoms with van der Waals surface area (Å²) in [6.07, 6.45) is 0. The van der Waals surface area contributed by atoms with Crippen LogP contribution in [0, 0.1) is 0 Å². The SMILES string of the molecule is CC(C)c1cc(CO)c(O)c(CO)c1. The van der Waals surface area contributed by atoms with E-state index < -0.39 is 0 Å². The summed E-state index contributed by atoms with van der Waals surface area (Å²) in [5, 5.41) is 27.6. The summed E-state index contributed by atoms with van der Waals surface area (Å²) in [4.78, 5) is 0. The number of hydrogen-bond donors (Lipinski definition) is 3. The van der Waals surface area contributed by atoms with Crippen LogP contribution in [0.3, 0.4) is 0 Å². The average molecular weight is 196 g/mol. The van der Waals surface area contributed by atoms with Gasteiger partial charge in [0.15, 0.2) is 0 Å². The minimum atomic E-state index is -0.209. The third-order valence-corrected chi connectivity index (χ3v) is 2.30. The van der Waals surface area contributed by atoms with Crippen LogP contribution in [0.15, 0.2) is 12.1 Å². The van der Waals surface area contributed by atoms with Crippen LogP contribution in [0.5, 0.6) is 5.75 Å². The Kier molecular flexibility index (Phi) is 3.49. The highest BCUT2D eigenvalue weighted by molar-refractivity contribution is 5.44. The van der Waals surface area contributed by atoms with Crippen molar-refractivity contribution in [3.63, 3.8) is 0 Å². The molecule has 1 rings (SSSR count). The molecule has 0 aliphatic carbocycles. The summed E-state index contributed by atoms with van der Waals surface area (Å²) < 4.78 is 0. The molecular formula is C11H16O3. The third-order valence-electron chi connectivity index (χ3n) is 2.30. The molecule has 0 aromatic heterocycles. The predicted molar refractivity (Wildman–Crippen MR) is 54.0 cm³/mol. The van der Waals surface area contributed by atoms with Crippen molar-refractivity contribution >= 4 is 0 Å². The van der Waals surface area contributed by atoms with Gasteiger partial charge in [0.05, 0.1) is 13.2 Å². The van der Waals surface area contributed by atoms with Gasteiger partial charge in [0.1, 0.15) is 5.75 Å². The minimum absolute atomic E-state index is 0.000556. The fourth-order valence-electron chi connectivity index (χ4n) is 1.36. The molecule has 0 aliphatic rings. The molecule has 0 amide bonds. The van der Waals surface area contributed by atoms with Gasteiger partial charge in [-0.3, -0.25) is 0 Å². The molecular weight excluding hydrogens is 180 g/mol. The second-order valence-corrected chi connectivity index (χ2v) is 3.66. The van der Waals surface area contributed by atoms with Crippen molar-refractivity contribution in [2.24, 2.45) is 0 Å². The van der Waals surface area contributed by atoms with E-state index in [2.05, 4.69) is 0 Å². The first-order valence-electron chi connectivity index (χ1n) is 4.66. The Labute approximate surface area is 83.6 Å². The Morgan fingerprint density at radius 3 is 1.79 bits per heavy atom. The molecule has 3 heteroatoms. The zero-order valence-electron chi connectivity index (χ0n) is 8.49. The number of aliphatic hydroxyl groups excluding tert-OH is 2. The van der Waals surface area contributed by atoms with Gasteiger partial charge in [0.25, 0.3) is 0 Å². The van der Waals surface area contributed by atoms with Gasteiger partial charge in [-0.1, -0.05) is 13.8 Å². The number of hydrogen-bond acceptors (Lipinski definition) is 3. The van der Waals surface area contributed by atoms with E-state index >= 15 is 0 Å². The number of rotatable bonds is 3. The molecule has 0 saturated heterocycles. The van der Waals surface area contributed by atoms with E-state index in [1.54, 1.807) is 12.1 Å². The molecule has 0 fully saturated rings. The van der Waals surface area contributed by atoms with Gasteiger partial charge in [0.2, 0.25) is 0 Å². The highest BCUT2D eigenvalue weighted by Crippen LogP contribution is 2.28. The van der Waals surface area contributed by atoms with E-state index in [9.17, 15) is 5.11 Å².